The molecule has 0 N–H and O–H groups in total. The Bertz CT molecular complexity index is 457. The number of fused-ring (bicyclic) bond motifs is 1. The zero-order chi connectivity index (χ0) is 12.7. The minimum Gasteiger partial charge on any atom is -0.452 e. The molecule has 98 valence electrons. The molecule has 0 radical (unpaired) electrons. The number of hydrogen-bond donors (Lipinski definition) is 0. The van der Waals surface area contributed by atoms with Crippen LogP contribution in [0.15, 0.2) is 12.2 Å². The summed E-state index contributed by atoms with van der Waals surface area (Å²) in [6.45, 7) is 8.43. The first-order chi connectivity index (χ1) is 8.49. The van der Waals surface area contributed by atoms with Crippen LogP contribution >= 0.6 is 0 Å². The van der Waals surface area contributed by atoms with E-state index in [0.717, 1.165) is 19.3 Å². The molecular formula is C15H20O3. The van der Waals surface area contributed by atoms with E-state index in [2.05, 4.69) is 20.4 Å². The zero-order valence-corrected chi connectivity index (χ0v) is 11.1. The van der Waals surface area contributed by atoms with E-state index in [4.69, 9.17) is 9.47 Å². The number of epoxide rings is 1. The number of carbonyl (C=O) groups is 1. The Labute approximate surface area is 108 Å². The van der Waals surface area contributed by atoms with Gasteiger partial charge in [0, 0.05) is 17.4 Å². The van der Waals surface area contributed by atoms with Crippen molar-refractivity contribution in [2.75, 3.05) is 0 Å². The van der Waals surface area contributed by atoms with Gasteiger partial charge in [0.15, 0.2) is 5.60 Å². The molecule has 0 aromatic heterocycles. The Morgan fingerprint density at radius 3 is 2.89 bits per heavy atom. The van der Waals surface area contributed by atoms with Gasteiger partial charge in [-0.2, -0.15) is 0 Å². The fourth-order valence-electron chi connectivity index (χ4n) is 4.90. The van der Waals surface area contributed by atoms with Crippen LogP contribution in [0.4, 0.5) is 0 Å². The van der Waals surface area contributed by atoms with Crippen LogP contribution in [-0.2, 0) is 14.3 Å². The first-order valence-electron chi connectivity index (χ1n) is 7.09. The normalized spacial score (nSPS) is 57.4. The van der Waals surface area contributed by atoms with Crippen LogP contribution in [0.3, 0.4) is 0 Å². The van der Waals surface area contributed by atoms with E-state index in [0.29, 0.717) is 17.4 Å². The molecular weight excluding hydrogens is 228 g/mol. The maximum Gasteiger partial charge on any atom is 0.334 e. The third-order valence-corrected chi connectivity index (χ3v) is 5.92. The highest BCUT2D eigenvalue weighted by Crippen LogP contribution is 2.66. The number of hydrogen-bond acceptors (Lipinski definition) is 3. The summed E-state index contributed by atoms with van der Waals surface area (Å²) in [6, 6.07) is 0. The van der Waals surface area contributed by atoms with Crippen molar-refractivity contribution in [3.8, 4) is 0 Å². The van der Waals surface area contributed by atoms with Crippen molar-refractivity contribution in [2.24, 2.45) is 17.8 Å². The summed E-state index contributed by atoms with van der Waals surface area (Å²) < 4.78 is 11.9. The van der Waals surface area contributed by atoms with E-state index in [-0.39, 0.29) is 29.2 Å². The third-order valence-electron chi connectivity index (χ3n) is 5.92. The molecule has 1 spiro atoms. The standard InChI is InChI=1S/C15H20O3/c1-8-4-5-11-9(2)12(16)17-15(11)10(8)6-7-14(3)13(15)18-14/h8,10-11,13H,2,4-7H2,1,3H3/t8-,10+,11+,13-,14-,15-/m0/s1. The lowest BCUT2D eigenvalue weighted by Gasteiger charge is -2.49. The minimum absolute atomic E-state index is 0.0449. The minimum atomic E-state index is -0.376. The van der Waals surface area contributed by atoms with Gasteiger partial charge < -0.3 is 9.47 Å². The highest BCUT2D eigenvalue weighted by Gasteiger charge is 2.76. The van der Waals surface area contributed by atoms with Gasteiger partial charge in [-0.25, -0.2) is 4.79 Å². The molecule has 6 atom stereocenters. The van der Waals surface area contributed by atoms with E-state index in [1.54, 1.807) is 0 Å². The summed E-state index contributed by atoms with van der Waals surface area (Å²) in [7, 11) is 0. The van der Waals surface area contributed by atoms with Gasteiger partial charge in [-0.3, -0.25) is 0 Å². The Balaban J connectivity index is 1.83. The van der Waals surface area contributed by atoms with Gasteiger partial charge in [-0.15, -0.1) is 0 Å². The van der Waals surface area contributed by atoms with Crippen molar-refractivity contribution >= 4 is 5.97 Å². The van der Waals surface area contributed by atoms with Gasteiger partial charge in [0.1, 0.15) is 6.10 Å². The second-order valence-corrected chi connectivity index (χ2v) is 6.83. The Morgan fingerprint density at radius 1 is 1.33 bits per heavy atom. The first-order valence-corrected chi connectivity index (χ1v) is 7.09. The molecule has 2 saturated carbocycles. The van der Waals surface area contributed by atoms with Crippen molar-refractivity contribution < 1.29 is 14.3 Å². The average Bonchev–Trinajstić information content (AvgIpc) is 2.95. The van der Waals surface area contributed by atoms with Gasteiger partial charge in [0.2, 0.25) is 0 Å². The molecule has 0 unspecified atom stereocenters. The van der Waals surface area contributed by atoms with Crippen molar-refractivity contribution in [2.45, 2.75) is 56.8 Å². The first kappa shape index (κ1) is 11.0. The summed E-state index contributed by atoms with van der Waals surface area (Å²) >= 11 is 0. The molecule has 0 aromatic carbocycles. The second-order valence-electron chi connectivity index (χ2n) is 6.83. The summed E-state index contributed by atoms with van der Waals surface area (Å²) in [5, 5.41) is 0. The summed E-state index contributed by atoms with van der Waals surface area (Å²) in [4.78, 5) is 12.0. The van der Waals surface area contributed by atoms with Crippen LogP contribution in [-0.4, -0.2) is 23.3 Å². The molecule has 0 amide bonds. The number of esters is 1. The van der Waals surface area contributed by atoms with Crippen LogP contribution in [0, 0.1) is 17.8 Å². The third kappa shape index (κ3) is 1.04. The van der Waals surface area contributed by atoms with Crippen molar-refractivity contribution in [1.29, 1.82) is 0 Å². The van der Waals surface area contributed by atoms with Gasteiger partial charge in [-0.05, 0) is 38.5 Å². The molecule has 2 aliphatic carbocycles. The highest BCUT2D eigenvalue weighted by molar-refractivity contribution is 5.92. The van der Waals surface area contributed by atoms with Gasteiger partial charge >= 0.3 is 5.97 Å². The Kier molecular flexibility index (Phi) is 1.84. The smallest absolute Gasteiger partial charge is 0.334 e. The molecule has 2 saturated heterocycles. The van der Waals surface area contributed by atoms with Crippen LogP contribution in [0.2, 0.25) is 0 Å². The molecule has 0 bridgehead atoms. The fourth-order valence-corrected chi connectivity index (χ4v) is 4.90. The molecule has 2 aliphatic heterocycles. The molecule has 4 rings (SSSR count). The van der Waals surface area contributed by atoms with Gasteiger partial charge in [-0.1, -0.05) is 13.5 Å². The number of carbonyl (C=O) groups excluding carboxylic acids is 1. The maximum atomic E-state index is 12.0. The lowest BCUT2D eigenvalue weighted by atomic mass is 9.56. The predicted molar refractivity (Wildman–Crippen MR) is 65.9 cm³/mol. The SMILES string of the molecule is C=C1C(=O)O[C@]23[C@@H]1CC[C@H](C)[C@H]2CC[C@]1(C)O[C@H]31. The molecule has 18 heavy (non-hydrogen) atoms. The zero-order valence-electron chi connectivity index (χ0n) is 11.1. The van der Waals surface area contributed by atoms with E-state index in [1.807, 2.05) is 0 Å². The summed E-state index contributed by atoms with van der Waals surface area (Å²) in [5.74, 6) is 1.09. The second kappa shape index (κ2) is 3.01. The van der Waals surface area contributed by atoms with Gasteiger partial charge in [0.25, 0.3) is 0 Å². The van der Waals surface area contributed by atoms with Crippen LogP contribution < -0.4 is 0 Å². The number of rotatable bonds is 0. The van der Waals surface area contributed by atoms with Crippen molar-refractivity contribution in [1.82, 2.24) is 0 Å². The highest BCUT2D eigenvalue weighted by atomic mass is 16.7. The van der Waals surface area contributed by atoms with E-state index < -0.39 is 0 Å². The topological polar surface area (TPSA) is 38.8 Å². The molecule has 3 nitrogen and oxygen atoms in total. The Hall–Kier alpha value is -0.830. The van der Waals surface area contributed by atoms with E-state index in [9.17, 15) is 4.79 Å². The van der Waals surface area contributed by atoms with E-state index >= 15 is 0 Å². The van der Waals surface area contributed by atoms with Crippen LogP contribution in [0.25, 0.3) is 0 Å². The molecule has 3 heteroatoms. The predicted octanol–water partition coefficient (Wildman–Crippen LogP) is 2.45. The number of ether oxygens (including phenoxy) is 2. The lowest BCUT2D eigenvalue weighted by molar-refractivity contribution is -0.168. The molecule has 0 aromatic rings. The summed E-state index contributed by atoms with van der Waals surface area (Å²) in [6.07, 6.45) is 4.53. The largest absolute Gasteiger partial charge is 0.452 e. The van der Waals surface area contributed by atoms with E-state index in [1.165, 1.54) is 6.42 Å². The summed E-state index contributed by atoms with van der Waals surface area (Å²) in [5.41, 5.74) is 0.266. The Morgan fingerprint density at radius 2 is 2.11 bits per heavy atom. The fraction of sp³-hybridized carbons (Fsp3) is 0.800. The van der Waals surface area contributed by atoms with Crippen LogP contribution in [0.1, 0.15) is 39.5 Å². The monoisotopic (exact) mass is 248 g/mol. The average molecular weight is 248 g/mol. The van der Waals surface area contributed by atoms with Crippen molar-refractivity contribution in [3.63, 3.8) is 0 Å². The molecule has 4 fully saturated rings. The van der Waals surface area contributed by atoms with Gasteiger partial charge in [0.05, 0.1) is 5.60 Å². The quantitative estimate of drug-likeness (QED) is 0.375. The molecule has 2 heterocycles. The lowest BCUT2D eigenvalue weighted by Crippen LogP contribution is -2.57. The molecule has 4 aliphatic rings. The maximum absolute atomic E-state index is 12.0. The van der Waals surface area contributed by atoms with Crippen LogP contribution in [0.5, 0.6) is 0 Å². The van der Waals surface area contributed by atoms with Crippen molar-refractivity contribution in [3.05, 3.63) is 12.2 Å².